The van der Waals surface area contributed by atoms with Gasteiger partial charge in [0.05, 0.1) is 23.3 Å². The lowest BCUT2D eigenvalue weighted by Gasteiger charge is -2.26. The van der Waals surface area contributed by atoms with Crippen molar-refractivity contribution < 1.29 is 29.1 Å². The summed E-state index contributed by atoms with van der Waals surface area (Å²) < 4.78 is 5.47. The van der Waals surface area contributed by atoms with Crippen molar-refractivity contribution in [1.82, 2.24) is 5.16 Å². The zero-order chi connectivity index (χ0) is 25.2. The standard InChI is InChI=1S/C27H30N2O6/c1-27(2)14-22(32)26-19(29-35-23(26)15-27)9-8-18(28-11-10-24(33)34)25-20(30)12-17(13-21(25)31)16-6-4-3-5-7-16/h3-7,17,30H,8-15H2,1-2H3,(H,33,34). The second-order valence-corrected chi connectivity index (χ2v) is 10.1. The van der Waals surface area contributed by atoms with Gasteiger partial charge >= 0.3 is 5.97 Å². The molecule has 0 radical (unpaired) electrons. The molecule has 1 heterocycles. The van der Waals surface area contributed by atoms with Crippen LogP contribution >= 0.6 is 0 Å². The molecule has 0 saturated heterocycles. The third kappa shape index (κ3) is 5.58. The van der Waals surface area contributed by atoms with Crippen molar-refractivity contribution in [2.24, 2.45) is 10.4 Å². The Hall–Kier alpha value is -3.55. The minimum Gasteiger partial charge on any atom is -0.511 e. The molecule has 0 saturated carbocycles. The molecule has 1 atom stereocenters. The molecule has 0 spiro atoms. The average Bonchev–Trinajstić information content (AvgIpc) is 3.18. The van der Waals surface area contributed by atoms with Crippen LogP contribution in [0.25, 0.3) is 0 Å². The number of carboxylic acid groups (broad SMARTS) is 1. The Morgan fingerprint density at radius 3 is 2.54 bits per heavy atom. The lowest BCUT2D eigenvalue weighted by molar-refractivity contribution is -0.136. The first-order valence-electron chi connectivity index (χ1n) is 11.9. The zero-order valence-corrected chi connectivity index (χ0v) is 20.0. The van der Waals surface area contributed by atoms with Crippen LogP contribution in [-0.4, -0.2) is 45.2 Å². The maximum Gasteiger partial charge on any atom is 0.305 e. The fourth-order valence-corrected chi connectivity index (χ4v) is 4.98. The van der Waals surface area contributed by atoms with E-state index in [-0.39, 0.29) is 60.0 Å². The number of carbonyl (C=O) groups excluding carboxylic acids is 2. The molecule has 1 aromatic carbocycles. The van der Waals surface area contributed by atoms with E-state index in [0.717, 1.165) is 5.56 Å². The molecular formula is C27H30N2O6. The molecule has 35 heavy (non-hydrogen) atoms. The first-order valence-corrected chi connectivity index (χ1v) is 11.9. The smallest absolute Gasteiger partial charge is 0.305 e. The molecule has 4 rings (SSSR count). The summed E-state index contributed by atoms with van der Waals surface area (Å²) in [5.74, 6) is -0.827. The Balaban J connectivity index is 1.58. The first-order chi connectivity index (χ1) is 16.6. The molecule has 0 fully saturated rings. The molecule has 0 aliphatic heterocycles. The lowest BCUT2D eigenvalue weighted by Crippen LogP contribution is -2.27. The minimum absolute atomic E-state index is 0.0130. The van der Waals surface area contributed by atoms with E-state index in [1.807, 2.05) is 44.2 Å². The van der Waals surface area contributed by atoms with Gasteiger partial charge in [-0.3, -0.25) is 19.4 Å². The Morgan fingerprint density at radius 2 is 1.86 bits per heavy atom. The first kappa shape index (κ1) is 24.6. The summed E-state index contributed by atoms with van der Waals surface area (Å²) in [6.45, 7) is 4.01. The van der Waals surface area contributed by atoms with Crippen LogP contribution in [0.1, 0.15) is 79.2 Å². The number of aliphatic carboxylic acids is 1. The highest BCUT2D eigenvalue weighted by Crippen LogP contribution is 2.37. The van der Waals surface area contributed by atoms with E-state index < -0.39 is 5.97 Å². The number of hydrogen-bond acceptors (Lipinski definition) is 7. The number of aliphatic hydroxyl groups is 1. The van der Waals surface area contributed by atoms with Gasteiger partial charge < -0.3 is 14.7 Å². The summed E-state index contributed by atoms with van der Waals surface area (Å²) in [5, 5.41) is 24.0. The number of aryl methyl sites for hydroxylation is 1. The molecule has 8 heteroatoms. The Kier molecular flexibility index (Phi) is 7.00. The van der Waals surface area contributed by atoms with Gasteiger partial charge in [0.15, 0.2) is 11.6 Å². The number of aliphatic hydroxyl groups excluding tert-OH is 1. The number of hydrogen-bond donors (Lipinski definition) is 2. The van der Waals surface area contributed by atoms with Gasteiger partial charge in [-0.15, -0.1) is 0 Å². The van der Waals surface area contributed by atoms with Crippen LogP contribution in [0.2, 0.25) is 0 Å². The van der Waals surface area contributed by atoms with Crippen molar-refractivity contribution in [2.75, 3.05) is 6.54 Å². The predicted octanol–water partition coefficient (Wildman–Crippen LogP) is 4.64. The number of benzene rings is 1. The highest BCUT2D eigenvalue weighted by atomic mass is 16.5. The summed E-state index contributed by atoms with van der Waals surface area (Å²) in [5.41, 5.74) is 2.31. The molecule has 2 aliphatic carbocycles. The van der Waals surface area contributed by atoms with E-state index in [1.165, 1.54) is 0 Å². The number of rotatable bonds is 8. The number of aliphatic imine (C=N–C) groups is 1. The number of fused-ring (bicyclic) bond motifs is 1. The molecule has 0 bridgehead atoms. The predicted molar refractivity (Wildman–Crippen MR) is 129 cm³/mol. The Bertz CT molecular complexity index is 1210. The monoisotopic (exact) mass is 478 g/mol. The van der Waals surface area contributed by atoms with Crippen LogP contribution in [0.4, 0.5) is 0 Å². The van der Waals surface area contributed by atoms with Crippen molar-refractivity contribution in [3.8, 4) is 0 Å². The van der Waals surface area contributed by atoms with Crippen LogP contribution in [0.5, 0.6) is 0 Å². The van der Waals surface area contributed by atoms with E-state index in [2.05, 4.69) is 10.1 Å². The second kappa shape index (κ2) is 9.98. The highest BCUT2D eigenvalue weighted by molar-refractivity contribution is 6.23. The third-order valence-electron chi connectivity index (χ3n) is 6.62. The largest absolute Gasteiger partial charge is 0.511 e. The molecule has 2 aliphatic rings. The van der Waals surface area contributed by atoms with Gasteiger partial charge in [-0.05, 0) is 29.7 Å². The van der Waals surface area contributed by atoms with Crippen LogP contribution < -0.4 is 0 Å². The van der Waals surface area contributed by atoms with Crippen molar-refractivity contribution in [2.45, 2.75) is 64.7 Å². The molecule has 2 aromatic rings. The van der Waals surface area contributed by atoms with Crippen LogP contribution in [0.15, 0.2) is 51.2 Å². The van der Waals surface area contributed by atoms with E-state index >= 15 is 0 Å². The van der Waals surface area contributed by atoms with E-state index in [0.29, 0.717) is 48.4 Å². The van der Waals surface area contributed by atoms with Crippen molar-refractivity contribution in [3.63, 3.8) is 0 Å². The van der Waals surface area contributed by atoms with Crippen LogP contribution in [0, 0.1) is 5.41 Å². The fourth-order valence-electron chi connectivity index (χ4n) is 4.98. The summed E-state index contributed by atoms with van der Waals surface area (Å²) >= 11 is 0. The molecule has 1 aromatic heterocycles. The van der Waals surface area contributed by atoms with E-state index in [9.17, 15) is 19.5 Å². The van der Waals surface area contributed by atoms with Gasteiger partial charge in [-0.25, -0.2) is 0 Å². The Labute approximate surface area is 203 Å². The lowest BCUT2D eigenvalue weighted by atomic mass is 9.75. The molecular weight excluding hydrogens is 448 g/mol. The van der Waals surface area contributed by atoms with Gasteiger partial charge in [0.1, 0.15) is 11.5 Å². The zero-order valence-electron chi connectivity index (χ0n) is 20.0. The third-order valence-corrected chi connectivity index (χ3v) is 6.62. The average molecular weight is 479 g/mol. The van der Waals surface area contributed by atoms with Gasteiger partial charge in [-0.2, -0.15) is 0 Å². The molecule has 1 unspecified atom stereocenters. The van der Waals surface area contributed by atoms with Gasteiger partial charge in [0.25, 0.3) is 0 Å². The maximum atomic E-state index is 13.1. The number of ketones is 2. The summed E-state index contributed by atoms with van der Waals surface area (Å²) in [4.78, 5) is 41.3. The van der Waals surface area contributed by atoms with Gasteiger partial charge in [0.2, 0.25) is 0 Å². The molecule has 184 valence electrons. The molecule has 2 N–H and O–H groups in total. The second-order valence-electron chi connectivity index (χ2n) is 10.1. The topological polar surface area (TPSA) is 130 Å². The minimum atomic E-state index is -0.996. The highest BCUT2D eigenvalue weighted by Gasteiger charge is 2.37. The summed E-state index contributed by atoms with van der Waals surface area (Å²) in [7, 11) is 0. The van der Waals surface area contributed by atoms with Crippen molar-refractivity contribution in [1.29, 1.82) is 0 Å². The Morgan fingerprint density at radius 1 is 1.11 bits per heavy atom. The number of allylic oxidation sites excluding steroid dienone is 2. The van der Waals surface area contributed by atoms with Crippen LogP contribution in [-0.2, 0) is 22.4 Å². The van der Waals surface area contributed by atoms with Crippen LogP contribution in [0.3, 0.4) is 0 Å². The van der Waals surface area contributed by atoms with Crippen molar-refractivity contribution in [3.05, 3.63) is 64.2 Å². The normalized spacial score (nSPS) is 20.2. The number of Topliss-reactive ketones (excluding diaryl/α,β-unsaturated/α-hetero) is 2. The number of carbonyl (C=O) groups is 3. The summed E-state index contributed by atoms with van der Waals surface area (Å²) in [6, 6.07) is 9.57. The van der Waals surface area contributed by atoms with Gasteiger partial charge in [0, 0.05) is 37.9 Å². The number of nitrogens with zero attached hydrogens (tertiary/aromatic N) is 2. The fraction of sp³-hybridized carbons (Fsp3) is 0.444. The molecule has 8 nitrogen and oxygen atoms in total. The molecule has 0 amide bonds. The SMILES string of the molecule is CC1(C)CC(=O)c2c(CCC(=NCCC(=O)O)C3=C(O)CC(c4ccccc4)CC3=O)noc2C1. The quantitative estimate of drug-likeness (QED) is 0.529. The number of carboxylic acids is 1. The van der Waals surface area contributed by atoms with Gasteiger partial charge in [-0.1, -0.05) is 49.3 Å². The van der Waals surface area contributed by atoms with E-state index in [4.69, 9.17) is 9.63 Å². The maximum absolute atomic E-state index is 13.1. The summed E-state index contributed by atoms with van der Waals surface area (Å²) in [6.07, 6.45) is 1.89. The van der Waals surface area contributed by atoms with Crippen molar-refractivity contribution >= 4 is 23.2 Å². The number of aromatic nitrogens is 1. The van der Waals surface area contributed by atoms with E-state index in [1.54, 1.807) is 0 Å².